The number of amides is 2. The summed E-state index contributed by atoms with van der Waals surface area (Å²) in [6, 6.07) is 0. The van der Waals surface area contributed by atoms with Crippen molar-refractivity contribution in [3.05, 3.63) is 32.9 Å². The fraction of sp³-hybridized carbons (Fsp3) is 0.357. The summed E-state index contributed by atoms with van der Waals surface area (Å²) in [5, 5.41) is 7.45. The lowest BCUT2D eigenvalue weighted by atomic mass is 10.1. The van der Waals surface area contributed by atoms with Crippen molar-refractivity contribution in [1.82, 2.24) is 9.78 Å². The van der Waals surface area contributed by atoms with E-state index in [1.807, 2.05) is 20.8 Å². The summed E-state index contributed by atoms with van der Waals surface area (Å²) in [6.45, 7) is 5.98. The van der Waals surface area contributed by atoms with Gasteiger partial charge in [0, 0.05) is 11.1 Å². The highest BCUT2D eigenvalue weighted by Crippen LogP contribution is 2.32. The van der Waals surface area contributed by atoms with E-state index in [9.17, 15) is 9.59 Å². The van der Waals surface area contributed by atoms with Gasteiger partial charge in [-0.25, -0.2) is 0 Å². The molecule has 118 valence electrons. The molecule has 2 aromatic rings. The number of anilines is 1. The highest BCUT2D eigenvalue weighted by molar-refractivity contribution is 9.10. The van der Waals surface area contributed by atoms with Crippen LogP contribution >= 0.6 is 27.3 Å². The third kappa shape index (κ3) is 3.56. The molecular weight excluding hydrogens is 368 g/mol. The zero-order valence-corrected chi connectivity index (χ0v) is 14.9. The molecule has 2 heterocycles. The molecule has 2 amide bonds. The highest BCUT2D eigenvalue weighted by Gasteiger charge is 2.21. The molecule has 0 aromatic carbocycles. The molecule has 0 fully saturated rings. The summed E-state index contributed by atoms with van der Waals surface area (Å²) in [4.78, 5) is 24.8. The lowest BCUT2D eigenvalue weighted by Crippen LogP contribution is -2.25. The van der Waals surface area contributed by atoms with Gasteiger partial charge in [0.25, 0.3) is 5.91 Å². The van der Waals surface area contributed by atoms with Gasteiger partial charge in [0.1, 0.15) is 5.00 Å². The summed E-state index contributed by atoms with van der Waals surface area (Å²) in [5.41, 5.74) is 6.61. The number of hydrogen-bond donors (Lipinski definition) is 2. The molecule has 2 rings (SSSR count). The molecule has 22 heavy (non-hydrogen) atoms. The standard InChI is InChI=1S/C14H17BrN4O2S/c1-7(5-19-6-10(15)4-17-19)13(21)18-14-11(12(16)20)8(2)9(3)22-14/h4,6-7H,5H2,1-3H3,(H2,16,20)(H,18,21)/t7-/m0/s1. The molecule has 0 saturated carbocycles. The van der Waals surface area contributed by atoms with Crippen LogP contribution in [0.3, 0.4) is 0 Å². The Hall–Kier alpha value is -1.67. The molecule has 0 aliphatic rings. The van der Waals surface area contributed by atoms with Crippen molar-refractivity contribution >= 4 is 44.1 Å². The molecule has 8 heteroatoms. The van der Waals surface area contributed by atoms with E-state index in [0.29, 0.717) is 17.1 Å². The van der Waals surface area contributed by atoms with E-state index in [-0.39, 0.29) is 11.8 Å². The molecule has 2 aromatic heterocycles. The summed E-state index contributed by atoms with van der Waals surface area (Å²) in [6.07, 6.45) is 3.47. The van der Waals surface area contributed by atoms with E-state index in [4.69, 9.17) is 5.73 Å². The van der Waals surface area contributed by atoms with Gasteiger partial charge in [0.15, 0.2) is 0 Å². The number of carbonyl (C=O) groups excluding carboxylic acids is 2. The normalized spacial score (nSPS) is 12.2. The van der Waals surface area contributed by atoms with E-state index >= 15 is 0 Å². The van der Waals surface area contributed by atoms with Crippen molar-refractivity contribution in [2.75, 3.05) is 5.32 Å². The van der Waals surface area contributed by atoms with Gasteiger partial charge < -0.3 is 11.1 Å². The molecule has 0 aliphatic carbocycles. The minimum atomic E-state index is -0.527. The van der Waals surface area contributed by atoms with Crippen molar-refractivity contribution in [1.29, 1.82) is 0 Å². The Bertz CT molecular complexity index is 722. The Balaban J connectivity index is 2.11. The van der Waals surface area contributed by atoms with Crippen molar-refractivity contribution in [3.8, 4) is 0 Å². The minimum absolute atomic E-state index is 0.171. The first-order valence-corrected chi connectivity index (χ1v) is 8.29. The molecule has 6 nitrogen and oxygen atoms in total. The molecule has 1 atom stereocenters. The number of aromatic nitrogens is 2. The maximum atomic E-state index is 12.3. The second-order valence-electron chi connectivity index (χ2n) is 5.12. The average molecular weight is 385 g/mol. The minimum Gasteiger partial charge on any atom is -0.365 e. The van der Waals surface area contributed by atoms with E-state index < -0.39 is 5.91 Å². The molecular formula is C14H17BrN4O2S. The predicted molar refractivity (Wildman–Crippen MR) is 90.0 cm³/mol. The van der Waals surface area contributed by atoms with Crippen molar-refractivity contribution in [2.24, 2.45) is 11.7 Å². The Morgan fingerprint density at radius 1 is 1.50 bits per heavy atom. The first-order chi connectivity index (χ1) is 10.3. The molecule has 0 saturated heterocycles. The number of rotatable bonds is 5. The van der Waals surface area contributed by atoms with Crippen molar-refractivity contribution in [3.63, 3.8) is 0 Å². The molecule has 0 spiro atoms. The van der Waals surface area contributed by atoms with Crippen molar-refractivity contribution in [2.45, 2.75) is 27.3 Å². The lowest BCUT2D eigenvalue weighted by Gasteiger charge is -2.12. The van der Waals surface area contributed by atoms with Crippen LogP contribution in [-0.2, 0) is 11.3 Å². The van der Waals surface area contributed by atoms with E-state index in [2.05, 4.69) is 26.3 Å². The van der Waals surface area contributed by atoms with Crippen LogP contribution in [0.1, 0.15) is 27.7 Å². The molecule has 0 radical (unpaired) electrons. The monoisotopic (exact) mass is 384 g/mol. The Kier molecular flexibility index (Phi) is 5.02. The van der Waals surface area contributed by atoms with E-state index in [1.54, 1.807) is 17.1 Å². The van der Waals surface area contributed by atoms with E-state index in [0.717, 1.165) is 14.9 Å². The first-order valence-electron chi connectivity index (χ1n) is 6.68. The summed E-state index contributed by atoms with van der Waals surface area (Å²) < 4.78 is 2.55. The Morgan fingerprint density at radius 2 is 2.18 bits per heavy atom. The van der Waals surface area contributed by atoms with E-state index in [1.165, 1.54) is 11.3 Å². The van der Waals surface area contributed by atoms with Gasteiger partial charge in [0.05, 0.1) is 28.7 Å². The number of hydrogen-bond acceptors (Lipinski definition) is 4. The zero-order valence-electron chi connectivity index (χ0n) is 12.5. The van der Waals surface area contributed by atoms with Gasteiger partial charge in [-0.2, -0.15) is 5.10 Å². The summed E-state index contributed by atoms with van der Waals surface area (Å²) in [7, 11) is 0. The molecule has 0 bridgehead atoms. The van der Waals surface area contributed by atoms with Gasteiger partial charge in [-0.05, 0) is 35.3 Å². The largest absolute Gasteiger partial charge is 0.365 e. The maximum Gasteiger partial charge on any atom is 0.251 e. The van der Waals surface area contributed by atoms with Gasteiger partial charge >= 0.3 is 0 Å². The smallest absolute Gasteiger partial charge is 0.251 e. The lowest BCUT2D eigenvalue weighted by molar-refractivity contribution is -0.119. The van der Waals surface area contributed by atoms with Crippen LogP contribution in [0.25, 0.3) is 0 Å². The molecule has 0 unspecified atom stereocenters. The number of nitrogens with one attached hydrogen (secondary N) is 1. The number of nitrogens with two attached hydrogens (primary N) is 1. The van der Waals surface area contributed by atoms with Crippen LogP contribution < -0.4 is 11.1 Å². The number of halogens is 1. The SMILES string of the molecule is Cc1sc(NC(=O)[C@@H](C)Cn2cc(Br)cn2)c(C(N)=O)c1C. The third-order valence-electron chi connectivity index (χ3n) is 3.38. The quantitative estimate of drug-likeness (QED) is 0.829. The fourth-order valence-electron chi connectivity index (χ4n) is 2.05. The Morgan fingerprint density at radius 3 is 2.73 bits per heavy atom. The van der Waals surface area contributed by atoms with Crippen LogP contribution in [0.2, 0.25) is 0 Å². The second-order valence-corrected chi connectivity index (χ2v) is 7.26. The first kappa shape index (κ1) is 16.7. The van der Waals surface area contributed by atoms with Gasteiger partial charge in [0.2, 0.25) is 5.91 Å². The maximum absolute atomic E-state index is 12.3. The van der Waals surface area contributed by atoms with Gasteiger partial charge in [-0.3, -0.25) is 14.3 Å². The van der Waals surface area contributed by atoms with Crippen molar-refractivity contribution < 1.29 is 9.59 Å². The number of aryl methyl sites for hydroxylation is 1. The number of carbonyl (C=O) groups is 2. The number of nitrogens with zero attached hydrogens (tertiary/aromatic N) is 2. The predicted octanol–water partition coefficient (Wildman–Crippen LogP) is 2.70. The van der Waals surface area contributed by atoms with Crippen LogP contribution in [0, 0.1) is 19.8 Å². The van der Waals surface area contributed by atoms with Gasteiger partial charge in [-0.15, -0.1) is 11.3 Å². The second kappa shape index (κ2) is 6.62. The fourth-order valence-corrected chi connectivity index (χ4v) is 3.45. The summed E-state index contributed by atoms with van der Waals surface area (Å²) in [5.74, 6) is -0.994. The zero-order chi connectivity index (χ0) is 16.4. The van der Waals surface area contributed by atoms with Crippen LogP contribution in [0.15, 0.2) is 16.9 Å². The van der Waals surface area contributed by atoms with Crippen LogP contribution in [-0.4, -0.2) is 21.6 Å². The topological polar surface area (TPSA) is 90.0 Å². The number of primary amides is 1. The van der Waals surface area contributed by atoms with Crippen LogP contribution in [0.4, 0.5) is 5.00 Å². The molecule has 3 N–H and O–H groups in total. The Labute approximate surface area is 140 Å². The molecule has 0 aliphatic heterocycles. The average Bonchev–Trinajstić information content (AvgIpc) is 2.94. The van der Waals surface area contributed by atoms with Gasteiger partial charge in [-0.1, -0.05) is 6.92 Å². The van der Waals surface area contributed by atoms with Crippen LogP contribution in [0.5, 0.6) is 0 Å². The number of thiophene rings is 1. The highest BCUT2D eigenvalue weighted by atomic mass is 79.9. The third-order valence-corrected chi connectivity index (χ3v) is 4.91. The summed E-state index contributed by atoms with van der Waals surface area (Å²) >= 11 is 4.68.